The standard InChI is InChI=1S/C15H18N4/c1-11(16-9-12-7-8-19(2)10-12)15-17-13-5-3-4-6-14(13)18-15/h3-8,10-11,16H,9H2,1-2H3,(H,17,18). The first-order valence-corrected chi connectivity index (χ1v) is 6.51. The highest BCUT2D eigenvalue weighted by Gasteiger charge is 2.10. The summed E-state index contributed by atoms with van der Waals surface area (Å²) < 4.78 is 2.06. The summed E-state index contributed by atoms with van der Waals surface area (Å²) in [6.07, 6.45) is 4.18. The lowest BCUT2D eigenvalue weighted by molar-refractivity contribution is 0.552. The van der Waals surface area contributed by atoms with Gasteiger partial charge in [0.25, 0.3) is 0 Å². The molecule has 4 nitrogen and oxygen atoms in total. The van der Waals surface area contributed by atoms with Gasteiger partial charge in [-0.3, -0.25) is 0 Å². The van der Waals surface area contributed by atoms with Gasteiger partial charge in [-0.25, -0.2) is 4.98 Å². The zero-order valence-electron chi connectivity index (χ0n) is 11.2. The van der Waals surface area contributed by atoms with Crippen molar-refractivity contribution in [1.82, 2.24) is 19.9 Å². The maximum atomic E-state index is 4.61. The van der Waals surface area contributed by atoms with Crippen LogP contribution in [0.1, 0.15) is 24.4 Å². The third-order valence-electron chi connectivity index (χ3n) is 3.32. The summed E-state index contributed by atoms with van der Waals surface area (Å²) in [7, 11) is 2.03. The van der Waals surface area contributed by atoms with E-state index in [0.29, 0.717) is 0 Å². The lowest BCUT2D eigenvalue weighted by Gasteiger charge is -2.10. The zero-order valence-corrected chi connectivity index (χ0v) is 11.2. The molecule has 1 aromatic carbocycles. The number of hydrogen-bond donors (Lipinski definition) is 2. The van der Waals surface area contributed by atoms with Gasteiger partial charge in [0.1, 0.15) is 5.82 Å². The maximum absolute atomic E-state index is 4.61. The Hall–Kier alpha value is -2.07. The van der Waals surface area contributed by atoms with Crippen LogP contribution < -0.4 is 5.32 Å². The number of para-hydroxylation sites is 2. The van der Waals surface area contributed by atoms with Crippen LogP contribution in [0.5, 0.6) is 0 Å². The lowest BCUT2D eigenvalue weighted by Crippen LogP contribution is -2.18. The van der Waals surface area contributed by atoms with Crippen molar-refractivity contribution >= 4 is 11.0 Å². The van der Waals surface area contributed by atoms with Crippen LogP contribution in [0.25, 0.3) is 11.0 Å². The molecule has 19 heavy (non-hydrogen) atoms. The Morgan fingerprint density at radius 2 is 2.16 bits per heavy atom. The minimum absolute atomic E-state index is 0.201. The first-order chi connectivity index (χ1) is 9.22. The second-order valence-electron chi connectivity index (χ2n) is 4.93. The summed E-state index contributed by atoms with van der Waals surface area (Å²) in [5, 5.41) is 3.48. The fourth-order valence-corrected chi connectivity index (χ4v) is 2.21. The van der Waals surface area contributed by atoms with Crippen molar-refractivity contribution in [1.29, 1.82) is 0 Å². The van der Waals surface area contributed by atoms with E-state index in [4.69, 9.17) is 0 Å². The van der Waals surface area contributed by atoms with Gasteiger partial charge in [-0.2, -0.15) is 0 Å². The smallest absolute Gasteiger partial charge is 0.124 e. The van der Waals surface area contributed by atoms with Crippen molar-refractivity contribution in [3.63, 3.8) is 0 Å². The molecule has 2 N–H and O–H groups in total. The lowest BCUT2D eigenvalue weighted by atomic mass is 10.3. The molecule has 3 aromatic rings. The fourth-order valence-electron chi connectivity index (χ4n) is 2.21. The molecule has 0 radical (unpaired) electrons. The summed E-state index contributed by atoms with van der Waals surface area (Å²) in [4.78, 5) is 7.96. The van der Waals surface area contributed by atoms with Gasteiger partial charge in [0, 0.05) is 26.0 Å². The molecule has 0 aliphatic rings. The molecule has 0 aliphatic heterocycles. The number of H-pyrrole nitrogens is 1. The number of aryl methyl sites for hydroxylation is 1. The SMILES string of the molecule is CC(NCc1ccn(C)c1)c1nc2ccccc2[nH]1. The molecule has 0 amide bonds. The van der Waals surface area contributed by atoms with E-state index in [-0.39, 0.29) is 6.04 Å². The quantitative estimate of drug-likeness (QED) is 0.752. The van der Waals surface area contributed by atoms with Crippen LogP contribution in [0.15, 0.2) is 42.7 Å². The minimum atomic E-state index is 0.201. The molecule has 1 atom stereocenters. The van der Waals surface area contributed by atoms with Crippen LogP contribution >= 0.6 is 0 Å². The second kappa shape index (κ2) is 4.90. The Kier molecular flexibility index (Phi) is 3.09. The minimum Gasteiger partial charge on any atom is -0.357 e. The third kappa shape index (κ3) is 2.53. The van der Waals surface area contributed by atoms with Crippen LogP contribution in [-0.4, -0.2) is 14.5 Å². The molecular formula is C15H18N4. The van der Waals surface area contributed by atoms with Crippen molar-refractivity contribution in [3.8, 4) is 0 Å². The molecule has 2 aromatic heterocycles. The summed E-state index contributed by atoms with van der Waals surface area (Å²) >= 11 is 0. The van der Waals surface area contributed by atoms with Crippen LogP contribution in [-0.2, 0) is 13.6 Å². The Balaban J connectivity index is 1.71. The van der Waals surface area contributed by atoms with Crippen molar-refractivity contribution in [2.24, 2.45) is 7.05 Å². The fraction of sp³-hybridized carbons (Fsp3) is 0.267. The number of imidazole rings is 1. The summed E-state index contributed by atoms with van der Waals surface area (Å²) in [5.74, 6) is 0.983. The predicted octanol–water partition coefficient (Wildman–Crippen LogP) is 2.75. The first-order valence-electron chi connectivity index (χ1n) is 6.51. The van der Waals surface area contributed by atoms with Crippen LogP contribution in [0.4, 0.5) is 0 Å². The van der Waals surface area contributed by atoms with Crippen molar-refractivity contribution < 1.29 is 0 Å². The Morgan fingerprint density at radius 3 is 2.89 bits per heavy atom. The summed E-state index contributed by atoms with van der Waals surface area (Å²) in [6, 6.07) is 10.4. The number of aromatic nitrogens is 3. The predicted molar refractivity (Wildman–Crippen MR) is 76.8 cm³/mol. The largest absolute Gasteiger partial charge is 0.357 e. The molecular weight excluding hydrogens is 236 g/mol. The molecule has 4 heteroatoms. The Labute approximate surface area is 112 Å². The van der Waals surface area contributed by atoms with Gasteiger partial charge < -0.3 is 14.9 Å². The molecule has 2 heterocycles. The van der Waals surface area contributed by atoms with E-state index >= 15 is 0 Å². The van der Waals surface area contributed by atoms with E-state index < -0.39 is 0 Å². The molecule has 0 fully saturated rings. The van der Waals surface area contributed by atoms with E-state index in [0.717, 1.165) is 23.4 Å². The third-order valence-corrected chi connectivity index (χ3v) is 3.32. The van der Waals surface area contributed by atoms with Crippen LogP contribution in [0.2, 0.25) is 0 Å². The van der Waals surface area contributed by atoms with E-state index in [2.05, 4.69) is 51.3 Å². The highest BCUT2D eigenvalue weighted by Crippen LogP contribution is 2.15. The number of rotatable bonds is 4. The highest BCUT2D eigenvalue weighted by atomic mass is 15.0. The maximum Gasteiger partial charge on any atom is 0.124 e. The normalized spacial score (nSPS) is 12.9. The number of aromatic amines is 1. The second-order valence-corrected chi connectivity index (χ2v) is 4.93. The van der Waals surface area contributed by atoms with Crippen LogP contribution in [0, 0.1) is 0 Å². The van der Waals surface area contributed by atoms with E-state index in [1.54, 1.807) is 0 Å². The van der Waals surface area contributed by atoms with Gasteiger partial charge in [0.05, 0.1) is 17.1 Å². The Bertz CT molecular complexity index is 647. The summed E-state index contributed by atoms with van der Waals surface area (Å²) in [5.41, 5.74) is 3.39. The topological polar surface area (TPSA) is 45.6 Å². The number of benzene rings is 1. The van der Waals surface area contributed by atoms with Gasteiger partial charge in [-0.15, -0.1) is 0 Å². The van der Waals surface area contributed by atoms with Crippen LogP contribution in [0.3, 0.4) is 0 Å². The van der Waals surface area contributed by atoms with Gasteiger partial charge in [-0.1, -0.05) is 12.1 Å². The van der Waals surface area contributed by atoms with Crippen molar-refractivity contribution in [3.05, 3.63) is 54.1 Å². The van der Waals surface area contributed by atoms with Crippen molar-refractivity contribution in [2.75, 3.05) is 0 Å². The van der Waals surface area contributed by atoms with Gasteiger partial charge in [-0.05, 0) is 30.7 Å². The molecule has 0 saturated heterocycles. The van der Waals surface area contributed by atoms with Gasteiger partial charge >= 0.3 is 0 Å². The zero-order chi connectivity index (χ0) is 13.2. The van der Waals surface area contributed by atoms with E-state index in [1.165, 1.54) is 5.56 Å². The van der Waals surface area contributed by atoms with E-state index in [9.17, 15) is 0 Å². The molecule has 0 saturated carbocycles. The van der Waals surface area contributed by atoms with E-state index in [1.807, 2.05) is 25.2 Å². The molecule has 0 spiro atoms. The molecule has 98 valence electrons. The molecule has 3 rings (SSSR count). The molecule has 0 bridgehead atoms. The molecule has 0 aliphatic carbocycles. The number of fused-ring (bicyclic) bond motifs is 1. The molecule has 1 unspecified atom stereocenters. The first kappa shape index (κ1) is 12.0. The Morgan fingerprint density at radius 1 is 1.32 bits per heavy atom. The van der Waals surface area contributed by atoms with Crippen molar-refractivity contribution in [2.45, 2.75) is 19.5 Å². The average molecular weight is 254 g/mol. The summed E-state index contributed by atoms with van der Waals surface area (Å²) in [6.45, 7) is 2.97. The highest BCUT2D eigenvalue weighted by molar-refractivity contribution is 5.74. The number of nitrogens with one attached hydrogen (secondary N) is 2. The number of nitrogens with zero attached hydrogens (tertiary/aromatic N) is 2. The monoisotopic (exact) mass is 254 g/mol. The van der Waals surface area contributed by atoms with Gasteiger partial charge in [0.15, 0.2) is 0 Å². The average Bonchev–Trinajstić information content (AvgIpc) is 3.01. The van der Waals surface area contributed by atoms with Gasteiger partial charge in [0.2, 0.25) is 0 Å². The number of hydrogen-bond acceptors (Lipinski definition) is 2.